The second-order valence-corrected chi connectivity index (χ2v) is 4.08. The van der Waals surface area contributed by atoms with E-state index in [9.17, 15) is 4.79 Å². The van der Waals surface area contributed by atoms with Gasteiger partial charge < -0.3 is 0 Å². The van der Waals surface area contributed by atoms with Crippen LogP contribution < -0.4 is 0 Å². The highest BCUT2D eigenvalue weighted by molar-refractivity contribution is 6.07. The third-order valence-corrected chi connectivity index (χ3v) is 2.43. The number of rotatable bonds is 8. The molecular formula is C14H24O. The average Bonchev–Trinajstić information content (AvgIpc) is 2.22. The van der Waals surface area contributed by atoms with Crippen LogP contribution in [-0.2, 0) is 4.79 Å². The number of allylic oxidation sites excluding steroid dienone is 3. The lowest BCUT2D eigenvalue weighted by Gasteiger charge is -2.05. The zero-order valence-corrected chi connectivity index (χ0v) is 10.4. The molecule has 0 aliphatic rings. The Morgan fingerprint density at radius 3 is 2.27 bits per heavy atom. The zero-order valence-electron chi connectivity index (χ0n) is 10.4. The van der Waals surface area contributed by atoms with Gasteiger partial charge in [0.2, 0.25) is 0 Å². The Morgan fingerprint density at radius 2 is 1.80 bits per heavy atom. The fourth-order valence-electron chi connectivity index (χ4n) is 1.43. The summed E-state index contributed by atoms with van der Waals surface area (Å²) in [5, 5.41) is 0. The van der Waals surface area contributed by atoms with Crippen LogP contribution in [0.25, 0.3) is 0 Å². The van der Waals surface area contributed by atoms with E-state index in [0.29, 0.717) is 5.57 Å². The molecule has 0 aromatic rings. The van der Waals surface area contributed by atoms with Gasteiger partial charge in [-0.1, -0.05) is 45.8 Å². The van der Waals surface area contributed by atoms with Crippen molar-refractivity contribution in [2.24, 2.45) is 0 Å². The number of carbonyl (C=O) groups excluding carboxylic acids is 1. The molecule has 0 unspecified atom stereocenters. The van der Waals surface area contributed by atoms with Crippen LogP contribution in [0, 0.1) is 0 Å². The van der Waals surface area contributed by atoms with Crippen LogP contribution in [0.5, 0.6) is 0 Å². The van der Waals surface area contributed by atoms with Gasteiger partial charge in [0.1, 0.15) is 0 Å². The molecule has 1 heteroatoms. The molecule has 0 saturated heterocycles. The van der Waals surface area contributed by atoms with Gasteiger partial charge in [-0.2, -0.15) is 0 Å². The summed E-state index contributed by atoms with van der Waals surface area (Å²) in [6, 6.07) is 0. The van der Waals surface area contributed by atoms with E-state index in [2.05, 4.69) is 26.5 Å². The second-order valence-electron chi connectivity index (χ2n) is 4.08. The van der Waals surface area contributed by atoms with Gasteiger partial charge in [0.15, 0.2) is 5.78 Å². The summed E-state index contributed by atoms with van der Waals surface area (Å²) in [6.45, 7) is 9.83. The number of Topliss-reactive ketones (excluding diaryl/α,β-unsaturated/α-hetero) is 1. The molecule has 1 nitrogen and oxygen atoms in total. The van der Waals surface area contributed by atoms with Crippen LogP contribution >= 0.6 is 0 Å². The first kappa shape index (κ1) is 14.2. The Labute approximate surface area is 94.3 Å². The van der Waals surface area contributed by atoms with Crippen molar-refractivity contribution in [3.05, 3.63) is 23.8 Å². The van der Waals surface area contributed by atoms with Gasteiger partial charge >= 0.3 is 0 Å². The first-order valence-corrected chi connectivity index (χ1v) is 6.02. The highest BCUT2D eigenvalue weighted by Gasteiger charge is 2.08. The van der Waals surface area contributed by atoms with Gasteiger partial charge in [0.05, 0.1) is 0 Å². The van der Waals surface area contributed by atoms with Crippen molar-refractivity contribution in [2.75, 3.05) is 0 Å². The molecule has 0 heterocycles. The molecule has 86 valence electrons. The molecular weight excluding hydrogens is 184 g/mol. The normalized spacial score (nSPS) is 11.5. The summed E-state index contributed by atoms with van der Waals surface area (Å²) in [5.41, 5.74) is 1.63. The minimum absolute atomic E-state index is 0.152. The maximum atomic E-state index is 11.8. The van der Waals surface area contributed by atoms with Crippen molar-refractivity contribution >= 4 is 5.78 Å². The monoisotopic (exact) mass is 208 g/mol. The van der Waals surface area contributed by atoms with E-state index in [1.807, 2.05) is 0 Å². The quantitative estimate of drug-likeness (QED) is 0.426. The lowest BCUT2D eigenvalue weighted by molar-refractivity contribution is -0.112. The molecule has 0 atom stereocenters. The SMILES string of the molecule is C=C(C)C(=O)/C(=C\CCCC)CCCC. The highest BCUT2D eigenvalue weighted by atomic mass is 16.1. The first-order valence-electron chi connectivity index (χ1n) is 6.02. The summed E-state index contributed by atoms with van der Waals surface area (Å²) in [6.07, 6.45) is 8.61. The molecule has 0 aliphatic heterocycles. The molecule has 0 fully saturated rings. The standard InChI is InChI=1S/C14H24O/c1-5-7-9-11-13(10-8-6-2)14(15)12(3)4/h11H,3,5-10H2,1-2,4H3/b13-11-. The minimum atomic E-state index is 0.152. The topological polar surface area (TPSA) is 17.1 Å². The van der Waals surface area contributed by atoms with Crippen LogP contribution in [0.4, 0.5) is 0 Å². The van der Waals surface area contributed by atoms with E-state index in [4.69, 9.17) is 0 Å². The van der Waals surface area contributed by atoms with Gasteiger partial charge in [0.25, 0.3) is 0 Å². The Kier molecular flexibility index (Phi) is 7.98. The van der Waals surface area contributed by atoms with E-state index >= 15 is 0 Å². The highest BCUT2D eigenvalue weighted by Crippen LogP contribution is 2.14. The first-order chi connectivity index (χ1) is 7.13. The third kappa shape index (κ3) is 6.27. The number of hydrogen-bond acceptors (Lipinski definition) is 1. The van der Waals surface area contributed by atoms with Crippen molar-refractivity contribution in [1.82, 2.24) is 0 Å². The molecule has 0 aromatic carbocycles. The number of hydrogen-bond donors (Lipinski definition) is 0. The van der Waals surface area contributed by atoms with E-state index in [-0.39, 0.29) is 5.78 Å². The molecule has 0 saturated carbocycles. The summed E-state index contributed by atoms with van der Waals surface area (Å²) < 4.78 is 0. The molecule has 0 amide bonds. The fraction of sp³-hybridized carbons (Fsp3) is 0.643. The molecule has 0 rings (SSSR count). The Balaban J connectivity index is 4.35. The van der Waals surface area contributed by atoms with Crippen molar-refractivity contribution in [2.45, 2.75) is 59.3 Å². The van der Waals surface area contributed by atoms with Gasteiger partial charge in [-0.25, -0.2) is 0 Å². The molecule has 0 aliphatic carbocycles. The van der Waals surface area contributed by atoms with Crippen LogP contribution in [0.15, 0.2) is 23.8 Å². The van der Waals surface area contributed by atoms with E-state index in [1.54, 1.807) is 6.92 Å². The van der Waals surface area contributed by atoms with Gasteiger partial charge in [0, 0.05) is 0 Å². The van der Waals surface area contributed by atoms with Crippen LogP contribution in [0.2, 0.25) is 0 Å². The third-order valence-electron chi connectivity index (χ3n) is 2.43. The van der Waals surface area contributed by atoms with E-state index in [1.165, 1.54) is 12.8 Å². The van der Waals surface area contributed by atoms with E-state index < -0.39 is 0 Å². The molecule has 0 N–H and O–H groups in total. The van der Waals surface area contributed by atoms with Crippen LogP contribution in [0.3, 0.4) is 0 Å². The second kappa shape index (κ2) is 8.46. The summed E-state index contributed by atoms with van der Waals surface area (Å²) in [4.78, 5) is 11.8. The largest absolute Gasteiger partial charge is 0.289 e. The molecule has 0 aromatic heterocycles. The summed E-state index contributed by atoms with van der Waals surface area (Å²) in [5.74, 6) is 0.152. The molecule has 0 radical (unpaired) electrons. The number of ketones is 1. The van der Waals surface area contributed by atoms with E-state index in [0.717, 1.165) is 31.3 Å². The fourth-order valence-corrected chi connectivity index (χ4v) is 1.43. The van der Waals surface area contributed by atoms with Crippen molar-refractivity contribution in [3.63, 3.8) is 0 Å². The van der Waals surface area contributed by atoms with Crippen molar-refractivity contribution < 1.29 is 4.79 Å². The van der Waals surface area contributed by atoms with Gasteiger partial charge in [-0.15, -0.1) is 0 Å². The minimum Gasteiger partial charge on any atom is -0.289 e. The lowest BCUT2D eigenvalue weighted by atomic mass is 9.99. The van der Waals surface area contributed by atoms with Gasteiger partial charge in [-0.05, 0) is 37.3 Å². The smallest absolute Gasteiger partial charge is 0.183 e. The number of unbranched alkanes of at least 4 members (excludes halogenated alkanes) is 3. The average molecular weight is 208 g/mol. The summed E-state index contributed by atoms with van der Waals surface area (Å²) >= 11 is 0. The lowest BCUT2D eigenvalue weighted by Crippen LogP contribution is -2.03. The summed E-state index contributed by atoms with van der Waals surface area (Å²) in [7, 11) is 0. The zero-order chi connectivity index (χ0) is 11.7. The maximum Gasteiger partial charge on any atom is 0.183 e. The predicted molar refractivity (Wildman–Crippen MR) is 67.0 cm³/mol. The van der Waals surface area contributed by atoms with Gasteiger partial charge in [-0.3, -0.25) is 4.79 Å². The Morgan fingerprint density at radius 1 is 1.20 bits per heavy atom. The maximum absolute atomic E-state index is 11.8. The predicted octanol–water partition coefficient (Wildman–Crippen LogP) is 4.44. The number of carbonyl (C=O) groups is 1. The molecule has 0 spiro atoms. The van der Waals surface area contributed by atoms with Crippen molar-refractivity contribution in [1.29, 1.82) is 0 Å². The Bertz CT molecular complexity index is 236. The van der Waals surface area contributed by atoms with Crippen LogP contribution in [-0.4, -0.2) is 5.78 Å². The molecule has 0 bridgehead atoms. The molecule has 15 heavy (non-hydrogen) atoms. The Hall–Kier alpha value is -0.850. The van der Waals surface area contributed by atoms with Crippen molar-refractivity contribution in [3.8, 4) is 0 Å². The van der Waals surface area contributed by atoms with Crippen LogP contribution in [0.1, 0.15) is 59.3 Å².